The molecule has 1 saturated carbocycles. The number of carbonyl (C=O) groups excluding carboxylic acids is 1. The molecular formula is C13H27N3O. The molecule has 0 aromatic carbocycles. The van der Waals surface area contributed by atoms with Crippen LogP contribution in [-0.4, -0.2) is 43.0 Å². The van der Waals surface area contributed by atoms with Gasteiger partial charge in [-0.3, -0.25) is 4.79 Å². The van der Waals surface area contributed by atoms with Crippen molar-refractivity contribution in [3.8, 4) is 0 Å². The molecule has 1 aliphatic carbocycles. The van der Waals surface area contributed by atoms with E-state index in [2.05, 4.69) is 17.3 Å². The van der Waals surface area contributed by atoms with Gasteiger partial charge in [-0.2, -0.15) is 0 Å². The highest BCUT2D eigenvalue weighted by Crippen LogP contribution is 2.22. The second-order valence-corrected chi connectivity index (χ2v) is 5.47. The van der Waals surface area contributed by atoms with Crippen molar-refractivity contribution in [3.63, 3.8) is 0 Å². The lowest BCUT2D eigenvalue weighted by molar-refractivity contribution is -0.124. The van der Waals surface area contributed by atoms with Crippen LogP contribution < -0.4 is 11.1 Å². The Balaban J connectivity index is 2.40. The average molecular weight is 241 g/mol. The molecule has 0 heterocycles. The molecule has 17 heavy (non-hydrogen) atoms. The lowest BCUT2D eigenvalue weighted by Gasteiger charge is -2.34. The first kappa shape index (κ1) is 14.5. The Morgan fingerprint density at radius 2 is 2.00 bits per heavy atom. The van der Waals surface area contributed by atoms with Crippen LogP contribution in [0.4, 0.5) is 0 Å². The zero-order chi connectivity index (χ0) is 12.9. The number of nitrogens with one attached hydrogen (secondary N) is 1. The molecule has 1 unspecified atom stereocenters. The number of hydrogen-bond acceptors (Lipinski definition) is 3. The highest BCUT2D eigenvalue weighted by molar-refractivity contribution is 5.84. The highest BCUT2D eigenvalue weighted by Gasteiger charge is 2.29. The van der Waals surface area contributed by atoms with Crippen molar-refractivity contribution in [2.45, 2.75) is 57.0 Å². The fraction of sp³-hybridized carbons (Fsp3) is 0.923. The normalized spacial score (nSPS) is 21.4. The van der Waals surface area contributed by atoms with Crippen molar-refractivity contribution in [1.29, 1.82) is 0 Å². The largest absolute Gasteiger partial charge is 0.368 e. The van der Waals surface area contributed by atoms with Crippen LogP contribution >= 0.6 is 0 Å². The van der Waals surface area contributed by atoms with E-state index in [0.717, 1.165) is 13.0 Å². The lowest BCUT2D eigenvalue weighted by atomic mass is 9.92. The number of likely N-dealkylation sites (N-methyl/N-ethyl adjacent to an activating group) is 1. The zero-order valence-electron chi connectivity index (χ0n) is 11.5. The Morgan fingerprint density at radius 1 is 1.41 bits per heavy atom. The van der Waals surface area contributed by atoms with Crippen LogP contribution in [0.15, 0.2) is 0 Å². The second kappa shape index (κ2) is 6.36. The van der Waals surface area contributed by atoms with Crippen molar-refractivity contribution < 1.29 is 4.79 Å². The van der Waals surface area contributed by atoms with Crippen LogP contribution in [0, 0.1) is 0 Å². The summed E-state index contributed by atoms with van der Waals surface area (Å²) in [7, 11) is 3.96. The maximum Gasteiger partial charge on any atom is 0.237 e. The molecule has 0 radical (unpaired) electrons. The standard InChI is InChI=1S/C13H27N3O/c1-13(15-2,12(14)17)9-10-16(3)11-7-5-4-6-8-11/h11,15H,4-10H2,1-3H3,(H2,14,17). The molecule has 0 spiro atoms. The summed E-state index contributed by atoms with van der Waals surface area (Å²) in [5.41, 5.74) is 4.85. The van der Waals surface area contributed by atoms with Crippen molar-refractivity contribution >= 4 is 5.91 Å². The number of carbonyl (C=O) groups is 1. The molecule has 1 rings (SSSR count). The number of nitrogens with zero attached hydrogens (tertiary/aromatic N) is 1. The maximum atomic E-state index is 11.4. The van der Waals surface area contributed by atoms with Crippen LogP contribution in [0.25, 0.3) is 0 Å². The summed E-state index contributed by atoms with van der Waals surface area (Å²) >= 11 is 0. The molecule has 1 aliphatic rings. The molecule has 4 nitrogen and oxygen atoms in total. The average Bonchev–Trinajstić information content (AvgIpc) is 2.36. The number of primary amides is 1. The zero-order valence-corrected chi connectivity index (χ0v) is 11.5. The second-order valence-electron chi connectivity index (χ2n) is 5.47. The van der Waals surface area contributed by atoms with Crippen LogP contribution in [0.1, 0.15) is 45.4 Å². The summed E-state index contributed by atoms with van der Waals surface area (Å²) in [5.74, 6) is -0.267. The number of rotatable bonds is 6. The van der Waals surface area contributed by atoms with E-state index in [1.807, 2.05) is 6.92 Å². The van der Waals surface area contributed by atoms with Gasteiger partial charge in [0.25, 0.3) is 0 Å². The van der Waals surface area contributed by atoms with Gasteiger partial charge in [-0.05, 0) is 40.3 Å². The van der Waals surface area contributed by atoms with Gasteiger partial charge in [0.2, 0.25) is 5.91 Å². The quantitative estimate of drug-likeness (QED) is 0.732. The lowest BCUT2D eigenvalue weighted by Crippen LogP contribution is -2.53. The van der Waals surface area contributed by atoms with Gasteiger partial charge in [0, 0.05) is 12.6 Å². The van der Waals surface area contributed by atoms with Gasteiger partial charge >= 0.3 is 0 Å². The Hall–Kier alpha value is -0.610. The Bertz CT molecular complexity index is 251. The molecule has 1 fully saturated rings. The van der Waals surface area contributed by atoms with Gasteiger partial charge in [0.1, 0.15) is 0 Å². The van der Waals surface area contributed by atoms with Gasteiger partial charge in [0.15, 0.2) is 0 Å². The third-order valence-electron chi connectivity index (χ3n) is 4.26. The predicted molar refractivity (Wildman–Crippen MR) is 70.8 cm³/mol. The molecule has 0 aliphatic heterocycles. The molecule has 0 saturated heterocycles. The van der Waals surface area contributed by atoms with Crippen LogP contribution in [-0.2, 0) is 4.79 Å². The minimum Gasteiger partial charge on any atom is -0.368 e. The highest BCUT2D eigenvalue weighted by atomic mass is 16.1. The van der Waals surface area contributed by atoms with E-state index in [0.29, 0.717) is 6.04 Å². The topological polar surface area (TPSA) is 58.4 Å². The smallest absolute Gasteiger partial charge is 0.237 e. The van der Waals surface area contributed by atoms with Crippen molar-refractivity contribution in [1.82, 2.24) is 10.2 Å². The first-order valence-corrected chi connectivity index (χ1v) is 6.68. The first-order chi connectivity index (χ1) is 7.99. The molecule has 100 valence electrons. The third-order valence-corrected chi connectivity index (χ3v) is 4.26. The van der Waals surface area contributed by atoms with E-state index in [-0.39, 0.29) is 5.91 Å². The summed E-state index contributed by atoms with van der Waals surface area (Å²) in [6.45, 7) is 2.80. The van der Waals surface area contributed by atoms with E-state index in [1.165, 1.54) is 32.1 Å². The number of amides is 1. The molecule has 0 aromatic heterocycles. The summed E-state index contributed by atoms with van der Waals surface area (Å²) in [6.07, 6.45) is 7.42. The molecule has 0 bridgehead atoms. The van der Waals surface area contributed by atoms with Crippen molar-refractivity contribution in [3.05, 3.63) is 0 Å². The molecule has 3 N–H and O–H groups in total. The Labute approximate surface area is 105 Å². The molecule has 4 heteroatoms. The van der Waals surface area contributed by atoms with Crippen molar-refractivity contribution in [2.24, 2.45) is 5.73 Å². The van der Waals surface area contributed by atoms with E-state index >= 15 is 0 Å². The summed E-state index contributed by atoms with van der Waals surface area (Å²) in [6, 6.07) is 0.692. The van der Waals surface area contributed by atoms with Gasteiger partial charge in [-0.25, -0.2) is 0 Å². The summed E-state index contributed by atoms with van der Waals surface area (Å²) < 4.78 is 0. The number of nitrogens with two attached hydrogens (primary N) is 1. The van der Waals surface area contributed by atoms with Crippen LogP contribution in [0.3, 0.4) is 0 Å². The monoisotopic (exact) mass is 241 g/mol. The first-order valence-electron chi connectivity index (χ1n) is 6.68. The molecule has 1 amide bonds. The van der Waals surface area contributed by atoms with E-state index in [1.54, 1.807) is 7.05 Å². The third kappa shape index (κ3) is 3.96. The maximum absolute atomic E-state index is 11.4. The van der Waals surface area contributed by atoms with Gasteiger partial charge in [0.05, 0.1) is 5.54 Å². The van der Waals surface area contributed by atoms with E-state index in [9.17, 15) is 4.79 Å². The van der Waals surface area contributed by atoms with Gasteiger partial charge < -0.3 is 16.0 Å². The van der Waals surface area contributed by atoms with Gasteiger partial charge in [-0.1, -0.05) is 19.3 Å². The predicted octanol–water partition coefficient (Wildman–Crippen LogP) is 1.10. The fourth-order valence-electron chi connectivity index (χ4n) is 2.48. The molecule has 0 aromatic rings. The summed E-state index contributed by atoms with van der Waals surface area (Å²) in [4.78, 5) is 13.8. The Kier molecular flexibility index (Phi) is 5.40. The minimum absolute atomic E-state index is 0.267. The Morgan fingerprint density at radius 3 is 2.47 bits per heavy atom. The number of hydrogen-bond donors (Lipinski definition) is 2. The van der Waals surface area contributed by atoms with Crippen LogP contribution in [0.2, 0.25) is 0 Å². The fourth-order valence-corrected chi connectivity index (χ4v) is 2.48. The summed E-state index contributed by atoms with van der Waals surface area (Å²) in [5, 5.41) is 3.03. The molecular weight excluding hydrogens is 214 g/mol. The van der Waals surface area contributed by atoms with Crippen LogP contribution in [0.5, 0.6) is 0 Å². The van der Waals surface area contributed by atoms with Gasteiger partial charge in [-0.15, -0.1) is 0 Å². The minimum atomic E-state index is -0.580. The van der Waals surface area contributed by atoms with E-state index < -0.39 is 5.54 Å². The molecule has 1 atom stereocenters. The van der Waals surface area contributed by atoms with E-state index in [4.69, 9.17) is 5.73 Å². The SMILES string of the molecule is CNC(C)(CCN(C)C1CCCCC1)C(N)=O. The van der Waals surface area contributed by atoms with Crippen molar-refractivity contribution in [2.75, 3.05) is 20.6 Å².